The fourth-order valence-electron chi connectivity index (χ4n) is 6.04. The molecule has 0 N–H and O–H groups in total. The van der Waals surface area contributed by atoms with Gasteiger partial charge in [-0.05, 0) is 73.2 Å². The van der Waals surface area contributed by atoms with Gasteiger partial charge in [0.15, 0.2) is 5.78 Å². The van der Waals surface area contributed by atoms with Crippen LogP contribution in [-0.2, 0) is 4.79 Å². The Bertz CT molecular complexity index is 613. The van der Waals surface area contributed by atoms with E-state index in [0.717, 1.165) is 24.2 Å². The van der Waals surface area contributed by atoms with Crippen molar-refractivity contribution in [1.82, 2.24) is 0 Å². The van der Waals surface area contributed by atoms with Gasteiger partial charge >= 0.3 is 0 Å². The van der Waals surface area contributed by atoms with Crippen molar-refractivity contribution in [3.63, 3.8) is 0 Å². The molecule has 0 aromatic rings. The molecule has 0 unspecified atom stereocenters. The predicted octanol–water partition coefficient (Wildman–Crippen LogP) is 5.15. The molecule has 22 heavy (non-hydrogen) atoms. The van der Waals surface area contributed by atoms with Crippen LogP contribution in [-0.4, -0.2) is 12.0 Å². The van der Waals surface area contributed by atoms with Crippen LogP contribution in [0.5, 0.6) is 0 Å². The first-order valence-electron chi connectivity index (χ1n) is 8.68. The summed E-state index contributed by atoms with van der Waals surface area (Å²) < 4.78 is 0. The van der Waals surface area contributed by atoms with E-state index in [1.165, 1.54) is 31.3 Å². The van der Waals surface area contributed by atoms with Crippen LogP contribution in [0.2, 0.25) is 0 Å². The Morgan fingerprint density at radius 2 is 2.05 bits per heavy atom. The molecule has 4 aliphatic rings. The Hall–Kier alpha value is -0.760. The molecule has 0 aliphatic heterocycles. The van der Waals surface area contributed by atoms with E-state index in [1.54, 1.807) is 4.91 Å². The zero-order valence-corrected chi connectivity index (χ0v) is 14.7. The highest BCUT2D eigenvalue weighted by Gasteiger charge is 2.56. The van der Waals surface area contributed by atoms with E-state index >= 15 is 0 Å². The van der Waals surface area contributed by atoms with Crippen LogP contribution >= 0.6 is 11.8 Å². The summed E-state index contributed by atoms with van der Waals surface area (Å²) in [7, 11) is 0. The van der Waals surface area contributed by atoms with Crippen molar-refractivity contribution in [1.29, 1.82) is 0 Å². The van der Waals surface area contributed by atoms with E-state index in [-0.39, 0.29) is 11.2 Å². The third kappa shape index (κ3) is 1.82. The summed E-state index contributed by atoms with van der Waals surface area (Å²) in [5, 5.41) is 0. The summed E-state index contributed by atoms with van der Waals surface area (Å²) in [5.41, 5.74) is 1.97. The monoisotopic (exact) mass is 314 g/mol. The number of hydrogen-bond donors (Lipinski definition) is 0. The molecule has 5 atom stereocenters. The summed E-state index contributed by atoms with van der Waals surface area (Å²) in [6.45, 7) is 4.90. The quantitative estimate of drug-likeness (QED) is 0.665. The van der Waals surface area contributed by atoms with E-state index in [1.807, 2.05) is 23.9 Å². The van der Waals surface area contributed by atoms with Crippen molar-refractivity contribution in [2.24, 2.45) is 28.6 Å². The molecule has 1 nitrogen and oxygen atoms in total. The molecule has 118 valence electrons. The summed E-state index contributed by atoms with van der Waals surface area (Å²) in [6.07, 6.45) is 17.0. The maximum atomic E-state index is 11.8. The number of fused-ring (bicyclic) bond motifs is 5. The highest BCUT2D eigenvalue weighted by molar-refractivity contribution is 8.02. The first-order chi connectivity index (χ1) is 10.5. The summed E-state index contributed by atoms with van der Waals surface area (Å²) in [6, 6.07) is 0. The number of carbonyl (C=O) groups excluding carboxylic acids is 1. The lowest BCUT2D eigenvalue weighted by Gasteiger charge is -2.56. The van der Waals surface area contributed by atoms with Crippen molar-refractivity contribution in [2.45, 2.75) is 46.0 Å². The minimum Gasteiger partial charge on any atom is -0.290 e. The molecule has 2 fully saturated rings. The second kappa shape index (κ2) is 4.87. The molecule has 0 aromatic carbocycles. The van der Waals surface area contributed by atoms with Crippen LogP contribution in [0.15, 0.2) is 34.8 Å². The summed E-state index contributed by atoms with van der Waals surface area (Å²) >= 11 is 1.97. The molecule has 0 bridgehead atoms. The number of allylic oxidation sites excluding steroid dienone is 6. The van der Waals surface area contributed by atoms with Crippen molar-refractivity contribution in [3.05, 3.63) is 34.8 Å². The van der Waals surface area contributed by atoms with E-state index < -0.39 is 0 Å². The molecular formula is C20H26OS. The van der Waals surface area contributed by atoms with Crippen LogP contribution in [0.25, 0.3) is 0 Å². The smallest absolute Gasteiger partial charge is 0.178 e. The molecule has 0 saturated heterocycles. The standard InChI is InChI=1S/C20H26OS/c1-19-10-8-14(21)12-13(19)4-5-15-16-6-7-18(22-3)20(16,2)11-9-17(15)19/h7-8,10,12,15-17H,4-6,9,11H2,1-3H3/t15-,16-,17-,19-,20-/m0/s1. The SMILES string of the molecule is CSC1=CC[C@H]2[C@@H]3CCC4=CC(=O)C=C[C@]4(C)[C@H]3CC[C@]12C. The molecule has 2 heteroatoms. The van der Waals surface area contributed by atoms with Crippen molar-refractivity contribution < 1.29 is 4.79 Å². The Morgan fingerprint density at radius 3 is 2.82 bits per heavy atom. The van der Waals surface area contributed by atoms with Crippen LogP contribution in [0.3, 0.4) is 0 Å². The van der Waals surface area contributed by atoms with Gasteiger partial charge in [0.2, 0.25) is 0 Å². The molecule has 4 rings (SSSR count). The molecule has 0 spiro atoms. The largest absolute Gasteiger partial charge is 0.290 e. The van der Waals surface area contributed by atoms with Gasteiger partial charge in [-0.1, -0.05) is 31.6 Å². The highest BCUT2D eigenvalue weighted by atomic mass is 32.2. The summed E-state index contributed by atoms with van der Waals surface area (Å²) in [4.78, 5) is 13.4. The third-order valence-corrected chi connectivity index (χ3v) is 8.36. The molecule has 0 amide bonds. The lowest BCUT2D eigenvalue weighted by Crippen LogP contribution is -2.48. The van der Waals surface area contributed by atoms with Gasteiger partial charge in [-0.2, -0.15) is 0 Å². The van der Waals surface area contributed by atoms with Gasteiger partial charge in [-0.15, -0.1) is 11.8 Å². The second-order valence-corrected chi connectivity index (χ2v) is 8.92. The zero-order chi connectivity index (χ0) is 15.5. The Balaban J connectivity index is 1.69. The Morgan fingerprint density at radius 1 is 1.23 bits per heavy atom. The number of rotatable bonds is 1. The van der Waals surface area contributed by atoms with Crippen molar-refractivity contribution in [3.8, 4) is 0 Å². The van der Waals surface area contributed by atoms with Gasteiger partial charge in [0.1, 0.15) is 0 Å². The zero-order valence-electron chi connectivity index (χ0n) is 13.9. The Labute approximate surface area is 138 Å². The fourth-order valence-corrected chi connectivity index (χ4v) is 7.02. The number of carbonyl (C=O) groups is 1. The topological polar surface area (TPSA) is 17.1 Å². The number of thioether (sulfide) groups is 1. The van der Waals surface area contributed by atoms with Crippen LogP contribution in [0.4, 0.5) is 0 Å². The van der Waals surface area contributed by atoms with Crippen LogP contribution < -0.4 is 0 Å². The molecule has 0 radical (unpaired) electrons. The summed E-state index contributed by atoms with van der Waals surface area (Å²) in [5.74, 6) is 2.56. The van der Waals surface area contributed by atoms with E-state index in [4.69, 9.17) is 0 Å². The van der Waals surface area contributed by atoms with Gasteiger partial charge in [0.05, 0.1) is 0 Å². The minimum absolute atomic E-state index is 0.139. The maximum absolute atomic E-state index is 11.8. The lowest BCUT2D eigenvalue weighted by atomic mass is 9.48. The van der Waals surface area contributed by atoms with Crippen molar-refractivity contribution in [2.75, 3.05) is 6.26 Å². The third-order valence-electron chi connectivity index (χ3n) is 7.29. The van der Waals surface area contributed by atoms with Gasteiger partial charge in [0.25, 0.3) is 0 Å². The number of ketones is 1. The van der Waals surface area contributed by atoms with E-state index in [9.17, 15) is 4.79 Å². The van der Waals surface area contributed by atoms with Gasteiger partial charge in [0, 0.05) is 10.8 Å². The highest BCUT2D eigenvalue weighted by Crippen LogP contribution is 2.65. The van der Waals surface area contributed by atoms with Gasteiger partial charge in [-0.3, -0.25) is 4.79 Å². The van der Waals surface area contributed by atoms with Gasteiger partial charge < -0.3 is 0 Å². The average molecular weight is 314 g/mol. The maximum Gasteiger partial charge on any atom is 0.178 e. The average Bonchev–Trinajstić information content (AvgIpc) is 2.84. The van der Waals surface area contributed by atoms with Gasteiger partial charge in [-0.25, -0.2) is 0 Å². The van der Waals surface area contributed by atoms with E-state index in [0.29, 0.717) is 5.41 Å². The van der Waals surface area contributed by atoms with Crippen LogP contribution in [0.1, 0.15) is 46.0 Å². The molecule has 0 aromatic heterocycles. The molecule has 4 aliphatic carbocycles. The normalized spacial score (nSPS) is 46.5. The second-order valence-electron chi connectivity index (χ2n) is 8.07. The first-order valence-corrected chi connectivity index (χ1v) is 9.90. The fraction of sp³-hybridized carbons (Fsp3) is 0.650. The number of hydrogen-bond acceptors (Lipinski definition) is 2. The van der Waals surface area contributed by atoms with Crippen LogP contribution in [0, 0.1) is 28.6 Å². The molecular weight excluding hydrogens is 288 g/mol. The first kappa shape index (κ1) is 14.8. The molecule has 0 heterocycles. The molecule has 2 saturated carbocycles. The predicted molar refractivity (Wildman–Crippen MR) is 93.6 cm³/mol. The van der Waals surface area contributed by atoms with E-state index in [2.05, 4.69) is 32.3 Å². The lowest BCUT2D eigenvalue weighted by molar-refractivity contribution is -0.111. The Kier molecular flexibility index (Phi) is 3.28. The van der Waals surface area contributed by atoms with Crippen molar-refractivity contribution >= 4 is 17.5 Å². The minimum atomic E-state index is 0.139.